The molecule has 1 atom stereocenters. The minimum absolute atomic E-state index is 0.222. The Morgan fingerprint density at radius 2 is 2.21 bits per heavy atom. The van der Waals surface area contributed by atoms with Crippen LogP contribution in [0.1, 0.15) is 17.2 Å². The van der Waals surface area contributed by atoms with Crippen LogP contribution in [-0.2, 0) is 11.3 Å². The molecule has 5 nitrogen and oxygen atoms in total. The number of carbonyl (C=O) groups is 1. The fraction of sp³-hybridized carbons (Fsp3) is 0.143. The summed E-state index contributed by atoms with van der Waals surface area (Å²) in [4.78, 5) is 16.1. The number of pyridine rings is 1. The molecule has 2 aromatic rings. The third kappa shape index (κ3) is 2.15. The molecule has 0 fully saturated rings. The van der Waals surface area contributed by atoms with Crippen molar-refractivity contribution in [3.05, 3.63) is 53.7 Å². The molecule has 19 heavy (non-hydrogen) atoms. The molecule has 3 N–H and O–H groups in total. The average molecular weight is 255 g/mol. The third-order valence-electron chi connectivity index (χ3n) is 2.98. The normalized spacial score (nSPS) is 17.3. The first-order valence-electron chi connectivity index (χ1n) is 5.99. The van der Waals surface area contributed by atoms with E-state index in [1.54, 1.807) is 18.3 Å². The lowest BCUT2D eigenvalue weighted by Gasteiger charge is -2.25. The van der Waals surface area contributed by atoms with Crippen LogP contribution in [0.4, 0.5) is 5.82 Å². The number of rotatable bonds is 2. The lowest BCUT2D eigenvalue weighted by atomic mass is 10.0. The summed E-state index contributed by atoms with van der Waals surface area (Å²) in [7, 11) is 0. The van der Waals surface area contributed by atoms with E-state index in [9.17, 15) is 4.79 Å². The Kier molecular flexibility index (Phi) is 2.89. The molecule has 2 heterocycles. The summed E-state index contributed by atoms with van der Waals surface area (Å²) in [5, 5.41) is 2.74. The topological polar surface area (TPSA) is 77.2 Å². The van der Waals surface area contributed by atoms with Gasteiger partial charge in [-0.2, -0.15) is 0 Å². The van der Waals surface area contributed by atoms with Crippen LogP contribution in [0.25, 0.3) is 0 Å². The zero-order valence-electron chi connectivity index (χ0n) is 10.2. The van der Waals surface area contributed by atoms with Crippen molar-refractivity contribution in [3.8, 4) is 5.75 Å². The second-order valence-corrected chi connectivity index (χ2v) is 4.29. The molecule has 0 bridgehead atoms. The number of nitrogens with two attached hydrogens (primary N) is 1. The molecule has 0 radical (unpaired) electrons. The fourth-order valence-corrected chi connectivity index (χ4v) is 2.04. The van der Waals surface area contributed by atoms with Crippen LogP contribution in [-0.4, -0.2) is 10.9 Å². The number of hydrogen-bond donors (Lipinski definition) is 2. The minimum atomic E-state index is -0.664. The van der Waals surface area contributed by atoms with E-state index in [0.29, 0.717) is 18.1 Å². The van der Waals surface area contributed by atoms with Gasteiger partial charge in [-0.3, -0.25) is 4.79 Å². The molecule has 1 amide bonds. The summed E-state index contributed by atoms with van der Waals surface area (Å²) < 4.78 is 5.71. The summed E-state index contributed by atoms with van der Waals surface area (Å²) in [5.41, 5.74) is 7.36. The van der Waals surface area contributed by atoms with Gasteiger partial charge in [0, 0.05) is 18.3 Å². The van der Waals surface area contributed by atoms with Crippen LogP contribution in [0.3, 0.4) is 0 Å². The zero-order valence-corrected chi connectivity index (χ0v) is 10.2. The first-order valence-corrected chi connectivity index (χ1v) is 5.99. The molecule has 0 saturated carbocycles. The van der Waals surface area contributed by atoms with Crippen LogP contribution in [0.15, 0.2) is 42.6 Å². The molecule has 3 rings (SSSR count). The Hall–Kier alpha value is -2.40. The first kappa shape index (κ1) is 11.7. The summed E-state index contributed by atoms with van der Waals surface area (Å²) >= 11 is 0. The second-order valence-electron chi connectivity index (χ2n) is 4.29. The van der Waals surface area contributed by atoms with Crippen molar-refractivity contribution in [1.29, 1.82) is 0 Å². The van der Waals surface area contributed by atoms with Crippen molar-refractivity contribution in [3.63, 3.8) is 0 Å². The maximum atomic E-state index is 12.0. The van der Waals surface area contributed by atoms with E-state index < -0.39 is 6.10 Å². The maximum absolute atomic E-state index is 12.0. The van der Waals surface area contributed by atoms with E-state index in [4.69, 9.17) is 10.5 Å². The van der Waals surface area contributed by atoms with Crippen molar-refractivity contribution in [2.75, 3.05) is 5.32 Å². The van der Waals surface area contributed by atoms with Crippen molar-refractivity contribution < 1.29 is 9.53 Å². The van der Waals surface area contributed by atoms with Crippen LogP contribution >= 0.6 is 0 Å². The smallest absolute Gasteiger partial charge is 0.271 e. The monoisotopic (exact) mass is 255 g/mol. The minimum Gasteiger partial charge on any atom is -0.472 e. The summed E-state index contributed by atoms with van der Waals surface area (Å²) in [5.74, 6) is 0.810. The SMILES string of the molecule is NCc1cccc(C2Oc3cccnc3NC2=O)c1. The summed E-state index contributed by atoms with van der Waals surface area (Å²) in [6, 6.07) is 11.1. The van der Waals surface area contributed by atoms with Gasteiger partial charge in [0.15, 0.2) is 11.6 Å². The number of carbonyl (C=O) groups excluding carboxylic acids is 1. The van der Waals surface area contributed by atoms with Gasteiger partial charge < -0.3 is 15.8 Å². The number of hydrogen-bond acceptors (Lipinski definition) is 4. The van der Waals surface area contributed by atoms with Crippen LogP contribution in [0, 0.1) is 0 Å². The highest BCUT2D eigenvalue weighted by Gasteiger charge is 2.29. The molecule has 1 aromatic heterocycles. The lowest BCUT2D eigenvalue weighted by molar-refractivity contribution is -0.123. The zero-order chi connectivity index (χ0) is 13.2. The van der Waals surface area contributed by atoms with E-state index in [1.807, 2.05) is 24.3 Å². The van der Waals surface area contributed by atoms with E-state index in [-0.39, 0.29) is 5.91 Å². The van der Waals surface area contributed by atoms with Crippen molar-refractivity contribution in [1.82, 2.24) is 4.98 Å². The number of nitrogens with one attached hydrogen (secondary N) is 1. The van der Waals surface area contributed by atoms with Gasteiger partial charge in [-0.25, -0.2) is 4.98 Å². The molecule has 1 unspecified atom stereocenters. The average Bonchev–Trinajstić information content (AvgIpc) is 2.46. The Balaban J connectivity index is 1.96. The third-order valence-corrected chi connectivity index (χ3v) is 2.98. The maximum Gasteiger partial charge on any atom is 0.271 e. The Morgan fingerprint density at radius 3 is 3.05 bits per heavy atom. The Morgan fingerprint density at radius 1 is 1.32 bits per heavy atom. The van der Waals surface area contributed by atoms with Gasteiger partial charge in [-0.05, 0) is 17.7 Å². The second kappa shape index (κ2) is 4.70. The standard InChI is InChI=1S/C14H13N3O2/c15-8-9-3-1-4-10(7-9)12-14(18)17-13-11(19-12)5-2-6-16-13/h1-7,12H,8,15H2,(H,16,17,18). The Labute approximate surface area is 110 Å². The molecule has 0 saturated heterocycles. The van der Waals surface area contributed by atoms with Crippen LogP contribution in [0.5, 0.6) is 5.75 Å². The van der Waals surface area contributed by atoms with E-state index >= 15 is 0 Å². The quantitative estimate of drug-likeness (QED) is 0.854. The summed E-state index contributed by atoms with van der Waals surface area (Å²) in [6.07, 6.45) is 0.945. The lowest BCUT2D eigenvalue weighted by Crippen LogP contribution is -2.30. The largest absolute Gasteiger partial charge is 0.472 e. The number of fused-ring (bicyclic) bond motifs is 1. The molecule has 1 aliphatic heterocycles. The molecule has 1 aromatic carbocycles. The molecular formula is C14H13N3O2. The van der Waals surface area contributed by atoms with E-state index in [0.717, 1.165) is 11.1 Å². The Bertz CT molecular complexity index is 628. The predicted octanol–water partition coefficient (Wildman–Crippen LogP) is 1.61. The van der Waals surface area contributed by atoms with E-state index in [2.05, 4.69) is 10.3 Å². The highest BCUT2D eigenvalue weighted by molar-refractivity contribution is 5.97. The van der Waals surface area contributed by atoms with Crippen molar-refractivity contribution in [2.45, 2.75) is 12.6 Å². The number of benzene rings is 1. The molecule has 96 valence electrons. The van der Waals surface area contributed by atoms with Gasteiger partial charge >= 0.3 is 0 Å². The first-order chi connectivity index (χ1) is 9.28. The van der Waals surface area contributed by atoms with E-state index in [1.165, 1.54) is 0 Å². The van der Waals surface area contributed by atoms with Crippen molar-refractivity contribution in [2.24, 2.45) is 5.73 Å². The van der Waals surface area contributed by atoms with Gasteiger partial charge in [0.1, 0.15) is 0 Å². The predicted molar refractivity (Wildman–Crippen MR) is 70.6 cm³/mol. The fourth-order valence-electron chi connectivity index (χ4n) is 2.04. The molecular weight excluding hydrogens is 242 g/mol. The molecule has 5 heteroatoms. The molecule has 1 aliphatic rings. The number of nitrogens with zero attached hydrogens (tertiary/aromatic N) is 1. The highest BCUT2D eigenvalue weighted by atomic mass is 16.5. The number of amides is 1. The van der Waals surface area contributed by atoms with Crippen molar-refractivity contribution >= 4 is 11.7 Å². The van der Waals surface area contributed by atoms with Gasteiger partial charge in [0.25, 0.3) is 5.91 Å². The van der Waals surface area contributed by atoms with Gasteiger partial charge in [0.2, 0.25) is 6.10 Å². The number of aromatic nitrogens is 1. The number of anilines is 1. The van der Waals surface area contributed by atoms with Gasteiger partial charge in [0.05, 0.1) is 0 Å². The summed E-state index contributed by atoms with van der Waals surface area (Å²) in [6.45, 7) is 0.431. The van der Waals surface area contributed by atoms with Gasteiger partial charge in [-0.15, -0.1) is 0 Å². The molecule has 0 spiro atoms. The molecule has 0 aliphatic carbocycles. The van der Waals surface area contributed by atoms with Crippen LogP contribution in [0.2, 0.25) is 0 Å². The van der Waals surface area contributed by atoms with Crippen LogP contribution < -0.4 is 15.8 Å². The van der Waals surface area contributed by atoms with Gasteiger partial charge in [-0.1, -0.05) is 24.3 Å². The highest BCUT2D eigenvalue weighted by Crippen LogP contribution is 2.33. The number of ether oxygens (including phenoxy) is 1.